The highest BCUT2D eigenvalue weighted by Crippen LogP contribution is 2.34. The molecule has 0 aliphatic carbocycles. The maximum absolute atomic E-state index is 6.72. The molecule has 2 N–H and O–H groups in total. The monoisotopic (exact) mass is 932 g/mol. The van der Waals surface area contributed by atoms with Crippen LogP contribution in [0.5, 0.6) is 0 Å². The molecular formula is C55H113NO9. The molecule has 392 valence electrons. The Morgan fingerprint density at radius 3 is 0.785 bits per heavy atom. The number of hydrogen-bond donors (Lipinski definition) is 1. The van der Waals surface area contributed by atoms with Crippen molar-refractivity contribution in [3.8, 4) is 0 Å². The molecule has 10 heteroatoms. The topological polar surface area (TPSA) is 109 Å². The van der Waals surface area contributed by atoms with Crippen LogP contribution in [0.2, 0.25) is 0 Å². The second-order valence-electron chi connectivity index (χ2n) is 18.4. The molecule has 0 aromatic rings. The van der Waals surface area contributed by atoms with Gasteiger partial charge >= 0.3 is 0 Å². The van der Waals surface area contributed by atoms with E-state index in [-0.39, 0.29) is 5.92 Å². The quantitative estimate of drug-likeness (QED) is 0.0468. The number of unbranched alkanes of at least 4 members (excludes halogenated alkanes) is 26. The number of nitrogens with two attached hydrogens (primary N) is 1. The minimum absolute atomic E-state index is 0.00263. The Morgan fingerprint density at radius 1 is 0.262 bits per heavy atom. The van der Waals surface area contributed by atoms with Crippen LogP contribution in [-0.4, -0.2) is 112 Å². The minimum atomic E-state index is -1.26. The first-order valence-electron chi connectivity index (χ1n) is 28.3. The number of ether oxygens (including phenoxy) is 9. The number of hydrogen-bond acceptors (Lipinski definition) is 10. The van der Waals surface area contributed by atoms with Crippen molar-refractivity contribution in [1.82, 2.24) is 0 Å². The molecule has 0 fully saturated rings. The van der Waals surface area contributed by atoms with Crippen molar-refractivity contribution in [2.75, 3.05) is 106 Å². The van der Waals surface area contributed by atoms with Crippen molar-refractivity contribution in [3.63, 3.8) is 0 Å². The van der Waals surface area contributed by atoms with Crippen LogP contribution < -0.4 is 5.73 Å². The van der Waals surface area contributed by atoms with Crippen LogP contribution in [0.3, 0.4) is 0 Å². The molecule has 0 saturated heterocycles. The molecule has 65 heavy (non-hydrogen) atoms. The number of rotatable bonds is 59. The molecule has 0 amide bonds. The van der Waals surface area contributed by atoms with E-state index in [0.717, 1.165) is 64.8 Å². The average Bonchev–Trinajstić information content (AvgIpc) is 3.32. The van der Waals surface area contributed by atoms with Crippen LogP contribution in [-0.2, 0) is 42.6 Å². The lowest BCUT2D eigenvalue weighted by Crippen LogP contribution is -2.48. The van der Waals surface area contributed by atoms with E-state index < -0.39 is 5.97 Å². The van der Waals surface area contributed by atoms with Crippen LogP contribution in [0, 0.1) is 5.92 Å². The Kier molecular flexibility index (Phi) is 55.8. The van der Waals surface area contributed by atoms with Crippen LogP contribution in [0.15, 0.2) is 0 Å². The smallest absolute Gasteiger partial charge is 0.286 e. The molecule has 1 unspecified atom stereocenters. The summed E-state index contributed by atoms with van der Waals surface area (Å²) < 4.78 is 55.9. The van der Waals surface area contributed by atoms with E-state index in [2.05, 4.69) is 27.7 Å². The van der Waals surface area contributed by atoms with Gasteiger partial charge in [-0.2, -0.15) is 0 Å². The van der Waals surface area contributed by atoms with Gasteiger partial charge in [0.1, 0.15) is 0 Å². The Hall–Kier alpha value is -0.400. The molecule has 0 saturated carbocycles. The van der Waals surface area contributed by atoms with Crippen molar-refractivity contribution in [3.05, 3.63) is 0 Å². The zero-order valence-corrected chi connectivity index (χ0v) is 44.0. The maximum Gasteiger partial charge on any atom is 0.286 e. The Balaban J connectivity index is 5.23. The van der Waals surface area contributed by atoms with Crippen LogP contribution in [0.25, 0.3) is 0 Å². The van der Waals surface area contributed by atoms with Crippen LogP contribution >= 0.6 is 0 Å². The first-order chi connectivity index (χ1) is 32.2. The first kappa shape index (κ1) is 64.6. The van der Waals surface area contributed by atoms with Gasteiger partial charge in [-0.15, -0.1) is 0 Å². The minimum Gasteiger partial charge on any atom is -0.379 e. The van der Waals surface area contributed by atoms with Crippen LogP contribution in [0.1, 0.15) is 240 Å². The van der Waals surface area contributed by atoms with E-state index in [9.17, 15) is 0 Å². The molecule has 0 bridgehead atoms. The third kappa shape index (κ3) is 47.1. The normalized spacial score (nSPS) is 12.5. The van der Waals surface area contributed by atoms with Crippen molar-refractivity contribution < 1.29 is 42.6 Å². The van der Waals surface area contributed by atoms with Gasteiger partial charge in [-0.3, -0.25) is 0 Å². The maximum atomic E-state index is 6.72. The summed E-state index contributed by atoms with van der Waals surface area (Å²) in [5, 5.41) is 0. The first-order valence-corrected chi connectivity index (χ1v) is 28.3. The van der Waals surface area contributed by atoms with E-state index in [4.69, 9.17) is 48.4 Å². The van der Waals surface area contributed by atoms with Crippen LogP contribution in [0.4, 0.5) is 0 Å². The molecule has 0 radical (unpaired) electrons. The summed E-state index contributed by atoms with van der Waals surface area (Å²) in [5.41, 5.74) is 6.12. The lowest BCUT2D eigenvalue weighted by molar-refractivity contribution is -0.410. The Labute approximate surface area is 404 Å². The summed E-state index contributed by atoms with van der Waals surface area (Å²) in [5.74, 6) is -1.26. The Bertz CT molecular complexity index is 772. The zero-order chi connectivity index (χ0) is 47.1. The second kappa shape index (κ2) is 56.2. The van der Waals surface area contributed by atoms with Gasteiger partial charge in [0.25, 0.3) is 5.97 Å². The highest BCUT2D eigenvalue weighted by molar-refractivity contribution is 4.74. The standard InChI is InChI=1S/C55H113NO9/c1-5-9-13-17-21-24-28-32-39-57-42-45-60-48-51-63-55(54(37-35-38-56)36-31-27-20-16-12-8-4,64-52-49-61-46-43-58-40-33-29-25-22-18-14-10-6-2)65-53-50-62-47-44-59-41-34-30-26-23-19-15-11-7-3/h54H,5-53,56H2,1-4H3. The predicted molar refractivity (Wildman–Crippen MR) is 273 cm³/mol. The third-order valence-electron chi connectivity index (χ3n) is 12.3. The third-order valence-corrected chi connectivity index (χ3v) is 12.3. The fourth-order valence-electron chi connectivity index (χ4n) is 8.22. The molecule has 0 spiro atoms. The van der Waals surface area contributed by atoms with Gasteiger partial charge in [0, 0.05) is 25.7 Å². The van der Waals surface area contributed by atoms with E-state index in [1.165, 1.54) is 167 Å². The molecule has 0 heterocycles. The van der Waals surface area contributed by atoms with Gasteiger partial charge in [0.15, 0.2) is 0 Å². The summed E-state index contributed by atoms with van der Waals surface area (Å²) in [6.07, 6.45) is 41.1. The van der Waals surface area contributed by atoms with Gasteiger partial charge in [-0.1, -0.05) is 201 Å². The second-order valence-corrected chi connectivity index (χ2v) is 18.4. The van der Waals surface area contributed by atoms with E-state index in [1.54, 1.807) is 0 Å². The van der Waals surface area contributed by atoms with Gasteiger partial charge < -0.3 is 48.4 Å². The van der Waals surface area contributed by atoms with Gasteiger partial charge in [0.05, 0.1) is 79.3 Å². The summed E-state index contributed by atoms with van der Waals surface area (Å²) in [7, 11) is 0. The van der Waals surface area contributed by atoms with Crippen molar-refractivity contribution in [2.24, 2.45) is 11.7 Å². The fraction of sp³-hybridized carbons (Fsp3) is 1.00. The van der Waals surface area contributed by atoms with E-state index >= 15 is 0 Å². The molecule has 10 nitrogen and oxygen atoms in total. The molecule has 0 aliphatic rings. The lowest BCUT2D eigenvalue weighted by Gasteiger charge is -2.40. The molecule has 1 atom stereocenters. The summed E-state index contributed by atoms with van der Waals surface area (Å²) in [6, 6.07) is 0. The van der Waals surface area contributed by atoms with Crippen molar-refractivity contribution in [1.29, 1.82) is 0 Å². The van der Waals surface area contributed by atoms with Gasteiger partial charge in [-0.25, -0.2) is 0 Å². The SMILES string of the molecule is CCCCCCCCCCOCCOCCOC(OCCOCCOCCCCCCCCCC)(OCCOCCOCCCCCCCCCC)C(CCCN)CCCCCCCC. The zero-order valence-electron chi connectivity index (χ0n) is 44.0. The fourth-order valence-corrected chi connectivity index (χ4v) is 8.22. The molecule has 0 rings (SSSR count). The van der Waals surface area contributed by atoms with E-state index in [1.807, 2.05) is 0 Å². The molecule has 0 aromatic carbocycles. The Morgan fingerprint density at radius 2 is 0.492 bits per heavy atom. The molecule has 0 aromatic heterocycles. The largest absolute Gasteiger partial charge is 0.379 e. The van der Waals surface area contributed by atoms with Crippen molar-refractivity contribution in [2.45, 2.75) is 246 Å². The van der Waals surface area contributed by atoms with Gasteiger partial charge in [0.2, 0.25) is 0 Å². The highest BCUT2D eigenvalue weighted by atomic mass is 16.9. The van der Waals surface area contributed by atoms with Gasteiger partial charge in [-0.05, 0) is 45.1 Å². The highest BCUT2D eigenvalue weighted by Gasteiger charge is 2.42. The lowest BCUT2D eigenvalue weighted by atomic mass is 9.92. The van der Waals surface area contributed by atoms with Crippen molar-refractivity contribution >= 4 is 0 Å². The van der Waals surface area contributed by atoms with E-state index in [0.29, 0.717) is 85.8 Å². The molecular weight excluding hydrogens is 819 g/mol. The summed E-state index contributed by atoms with van der Waals surface area (Å²) >= 11 is 0. The predicted octanol–water partition coefficient (Wildman–Crippen LogP) is 14.3. The summed E-state index contributed by atoms with van der Waals surface area (Å²) in [4.78, 5) is 0. The summed E-state index contributed by atoms with van der Waals surface area (Å²) in [6.45, 7) is 17.7. The molecule has 0 aliphatic heterocycles. The average molecular weight is 933 g/mol.